The van der Waals surface area contributed by atoms with Crippen molar-refractivity contribution in [1.82, 2.24) is 4.98 Å². The number of rotatable bonds is 7. The molecule has 0 radical (unpaired) electrons. The van der Waals surface area contributed by atoms with Crippen LogP contribution in [0, 0.1) is 5.41 Å². The highest BCUT2D eigenvalue weighted by molar-refractivity contribution is 9.10. The van der Waals surface area contributed by atoms with Crippen LogP contribution < -0.4 is 10.2 Å². The van der Waals surface area contributed by atoms with E-state index in [-0.39, 0.29) is 10.9 Å². The van der Waals surface area contributed by atoms with E-state index in [1.54, 1.807) is 18.2 Å². The zero-order chi connectivity index (χ0) is 27.9. The number of halogens is 1. The first-order chi connectivity index (χ1) is 17.6. The highest BCUT2D eigenvalue weighted by Gasteiger charge is 2.44. The lowest BCUT2D eigenvalue weighted by Crippen LogP contribution is -2.42. The molecule has 1 unspecified atom stereocenters. The third kappa shape index (κ3) is 6.88. The van der Waals surface area contributed by atoms with E-state index in [0.29, 0.717) is 21.8 Å². The summed E-state index contributed by atoms with van der Waals surface area (Å²) in [6.07, 6.45) is 5.06. The van der Waals surface area contributed by atoms with Gasteiger partial charge in [-0.2, -0.15) is 0 Å². The minimum atomic E-state index is -2.05. The first-order valence-corrected chi connectivity index (χ1v) is 18.8. The van der Waals surface area contributed by atoms with E-state index in [1.165, 1.54) is 25.7 Å². The molecule has 1 amide bonds. The van der Waals surface area contributed by atoms with Crippen molar-refractivity contribution in [3.05, 3.63) is 46.4 Å². The molecule has 38 heavy (non-hydrogen) atoms. The third-order valence-corrected chi connectivity index (χ3v) is 16.4. The molecule has 1 aromatic heterocycles. The fraction of sp³-hybridized carbons (Fsp3) is 0.586. The summed E-state index contributed by atoms with van der Waals surface area (Å²) in [4.78, 5) is 20.3. The van der Waals surface area contributed by atoms with Gasteiger partial charge >= 0.3 is 0 Å². The van der Waals surface area contributed by atoms with Gasteiger partial charge in [-0.25, -0.2) is 13.6 Å². The number of carbonyl (C=O) groups is 1. The molecule has 208 valence electrons. The Labute approximate surface area is 239 Å². The number of aromatic nitrogens is 1. The Bertz CT molecular complexity index is 1280. The van der Waals surface area contributed by atoms with Crippen LogP contribution in [0.2, 0.25) is 24.2 Å². The van der Waals surface area contributed by atoms with Crippen molar-refractivity contribution in [2.45, 2.75) is 95.0 Å². The number of piperidine rings is 1. The van der Waals surface area contributed by atoms with Crippen molar-refractivity contribution in [3.63, 3.8) is 0 Å². The molecule has 2 aliphatic rings. The van der Waals surface area contributed by atoms with Crippen LogP contribution in [0.1, 0.15) is 70.7 Å². The Balaban J connectivity index is 1.51. The first-order valence-electron chi connectivity index (χ1n) is 13.6. The molecule has 1 aliphatic heterocycles. The lowest BCUT2D eigenvalue weighted by Gasteiger charge is -2.41. The molecule has 6 nitrogen and oxygen atoms in total. The van der Waals surface area contributed by atoms with Crippen LogP contribution in [-0.4, -0.2) is 41.8 Å². The van der Waals surface area contributed by atoms with Crippen molar-refractivity contribution in [1.29, 1.82) is 0 Å². The van der Waals surface area contributed by atoms with E-state index in [2.05, 4.69) is 78.8 Å². The van der Waals surface area contributed by atoms with Crippen LogP contribution in [0.25, 0.3) is 0 Å². The summed E-state index contributed by atoms with van der Waals surface area (Å²) in [7, 11) is -3.67. The largest absolute Gasteiger partial charge is 0.371 e. The van der Waals surface area contributed by atoms with E-state index in [4.69, 9.17) is 4.36 Å². The molecule has 2 aromatic rings. The lowest BCUT2D eigenvalue weighted by molar-refractivity contribution is 0.102. The summed E-state index contributed by atoms with van der Waals surface area (Å²) in [5.74, 6) is 0.173. The van der Waals surface area contributed by atoms with E-state index < -0.39 is 24.2 Å². The average molecular weight is 620 g/mol. The van der Waals surface area contributed by atoms with E-state index in [0.717, 1.165) is 29.3 Å². The summed E-state index contributed by atoms with van der Waals surface area (Å²) in [6, 6.07) is 12.0. The van der Waals surface area contributed by atoms with E-state index >= 15 is 0 Å². The topological polar surface area (TPSA) is 74.7 Å². The Kier molecular flexibility index (Phi) is 8.24. The molecule has 1 N–H and O–H groups in total. The number of nitrogens with one attached hydrogen (secondary N) is 1. The minimum absolute atomic E-state index is 0.214. The molecule has 9 heteroatoms. The number of amides is 1. The second-order valence-electron chi connectivity index (χ2n) is 13.5. The van der Waals surface area contributed by atoms with Crippen molar-refractivity contribution < 1.29 is 9.00 Å². The van der Waals surface area contributed by atoms with Gasteiger partial charge in [0, 0.05) is 17.6 Å². The second-order valence-corrected chi connectivity index (χ2v) is 21.2. The lowest BCUT2D eigenvalue weighted by atomic mass is 9.93. The van der Waals surface area contributed by atoms with Crippen LogP contribution in [0.15, 0.2) is 50.3 Å². The first kappa shape index (κ1) is 29.3. The maximum Gasteiger partial charge on any atom is 0.258 e. The summed E-state index contributed by atoms with van der Waals surface area (Å²) in [5, 5.41) is 3.57. The molecular weight excluding hydrogens is 576 g/mol. The normalized spacial score (nSPS) is 18.5. The van der Waals surface area contributed by atoms with Crippen molar-refractivity contribution in [3.8, 4) is 0 Å². The Morgan fingerprint density at radius 2 is 1.76 bits per heavy atom. The van der Waals surface area contributed by atoms with Crippen LogP contribution in [0.4, 0.5) is 11.5 Å². The van der Waals surface area contributed by atoms with Crippen LogP contribution in [0.3, 0.4) is 0 Å². The summed E-state index contributed by atoms with van der Waals surface area (Å²) < 4.78 is 18.9. The predicted octanol–water partition coefficient (Wildman–Crippen LogP) is 7.79. The van der Waals surface area contributed by atoms with Gasteiger partial charge in [-0.15, -0.1) is 0 Å². The van der Waals surface area contributed by atoms with Crippen LogP contribution in [-0.2, 0) is 10.6 Å². The van der Waals surface area contributed by atoms with Crippen LogP contribution in [0.5, 0.6) is 0 Å². The smallest absolute Gasteiger partial charge is 0.258 e. The maximum atomic E-state index is 13.4. The number of anilines is 2. The molecule has 2 fully saturated rings. The zero-order valence-electron chi connectivity index (χ0n) is 23.9. The fourth-order valence-corrected chi connectivity index (χ4v) is 9.65. The van der Waals surface area contributed by atoms with Gasteiger partial charge in [-0.05, 0) is 86.4 Å². The van der Waals surface area contributed by atoms with Crippen molar-refractivity contribution in [2.75, 3.05) is 23.3 Å². The predicted molar refractivity (Wildman–Crippen MR) is 166 cm³/mol. The Hall–Kier alpha value is -1.71. The standard InChI is InChI=1S/C29H43BrN4O2SSi/c1-27(2,3)38(6,7)20-28(4,5)33-37(36)25-10-8-9-24(31-25)32-26(35)22-12-11-21(30)19-23(22)34-17-15-29(13-14-29)16-18-34/h8-12,19,37H,13-18,20H2,1-7H3,(H,31,32,35). The minimum Gasteiger partial charge on any atom is -0.371 e. The summed E-state index contributed by atoms with van der Waals surface area (Å²) in [5.41, 5.74) is 1.71. The molecule has 1 spiro atoms. The van der Waals surface area contributed by atoms with Gasteiger partial charge in [0.15, 0.2) is 0 Å². The Morgan fingerprint density at radius 1 is 1.11 bits per heavy atom. The molecule has 1 atom stereocenters. The third-order valence-electron chi connectivity index (χ3n) is 8.76. The number of thiol groups is 1. The maximum absolute atomic E-state index is 13.4. The molecular formula is C29H43BrN4O2SSi. The van der Waals surface area contributed by atoms with E-state index in [1.807, 2.05) is 18.2 Å². The molecule has 1 aliphatic carbocycles. The number of hydrogen-bond donors (Lipinski definition) is 2. The zero-order valence-corrected chi connectivity index (χ0v) is 27.4. The SMILES string of the molecule is CC(C)(C[Si](C)(C)C(C)(C)C)/N=[SH](=O)/c1cccc(NC(=O)c2ccc(Br)cc2N2CCC3(CC2)CC3)n1. The van der Waals surface area contributed by atoms with Crippen molar-refractivity contribution in [2.24, 2.45) is 9.78 Å². The van der Waals surface area contributed by atoms with Gasteiger partial charge in [-0.3, -0.25) is 4.79 Å². The molecule has 4 rings (SSSR count). The molecule has 1 saturated heterocycles. The monoisotopic (exact) mass is 618 g/mol. The summed E-state index contributed by atoms with van der Waals surface area (Å²) in [6.45, 7) is 17.7. The fourth-order valence-electron chi connectivity index (χ4n) is 5.32. The molecule has 1 saturated carbocycles. The van der Waals surface area contributed by atoms with Crippen molar-refractivity contribution >= 4 is 52.0 Å². The van der Waals surface area contributed by atoms with Gasteiger partial charge < -0.3 is 10.2 Å². The highest BCUT2D eigenvalue weighted by atomic mass is 79.9. The number of hydrogen-bond acceptors (Lipinski definition) is 5. The van der Waals surface area contributed by atoms with Gasteiger partial charge in [0.1, 0.15) is 10.8 Å². The number of pyridine rings is 1. The van der Waals surface area contributed by atoms with Gasteiger partial charge in [0.05, 0.1) is 35.5 Å². The molecule has 0 bridgehead atoms. The highest BCUT2D eigenvalue weighted by Crippen LogP contribution is 2.54. The van der Waals surface area contributed by atoms with Gasteiger partial charge in [0.25, 0.3) is 5.91 Å². The van der Waals surface area contributed by atoms with Gasteiger partial charge in [-0.1, -0.05) is 55.9 Å². The quantitative estimate of drug-likeness (QED) is 0.245. The van der Waals surface area contributed by atoms with Gasteiger partial charge in [0.2, 0.25) is 0 Å². The van der Waals surface area contributed by atoms with Crippen LogP contribution >= 0.6 is 15.9 Å². The molecule has 2 heterocycles. The number of benzene rings is 1. The Morgan fingerprint density at radius 3 is 2.37 bits per heavy atom. The van der Waals surface area contributed by atoms with E-state index in [9.17, 15) is 9.00 Å². The number of nitrogens with zero attached hydrogens (tertiary/aromatic N) is 3. The molecule has 1 aromatic carbocycles. The average Bonchev–Trinajstić information content (AvgIpc) is 3.56. The number of carbonyl (C=O) groups excluding carboxylic acids is 1. The second kappa shape index (κ2) is 10.7. The summed E-state index contributed by atoms with van der Waals surface area (Å²) >= 11 is 3.58.